The molecule has 8 rings (SSSR count). The second-order valence-electron chi connectivity index (χ2n) is 25.1. The molecule has 8 aliphatic rings. The van der Waals surface area contributed by atoms with Crippen LogP contribution in [0.4, 0.5) is 0 Å². The van der Waals surface area contributed by atoms with Gasteiger partial charge in [0.05, 0.1) is 35.6 Å². The lowest BCUT2D eigenvalue weighted by molar-refractivity contribution is -0.179. The average molecular weight is 841 g/mol. The number of fused-ring (bicyclic) bond motifs is 10. The lowest BCUT2D eigenvalue weighted by atomic mass is 9.43. The third-order valence-electron chi connectivity index (χ3n) is 21.9. The lowest BCUT2D eigenvalue weighted by Crippen LogP contribution is -2.59. The summed E-state index contributed by atoms with van der Waals surface area (Å²) in [6, 6.07) is 0. The van der Waals surface area contributed by atoms with Crippen LogP contribution in [0.15, 0.2) is 0 Å². The molecule has 60 heavy (non-hydrogen) atoms. The van der Waals surface area contributed by atoms with Gasteiger partial charge in [-0.1, -0.05) is 92.9 Å². The van der Waals surface area contributed by atoms with Gasteiger partial charge in [-0.15, -0.1) is 0 Å². The van der Waals surface area contributed by atoms with Crippen LogP contribution in [-0.2, 0) is 0 Å². The first-order valence-corrected chi connectivity index (χ1v) is 26.4. The Morgan fingerprint density at radius 2 is 0.767 bits per heavy atom. The highest BCUT2D eigenvalue weighted by Crippen LogP contribution is 2.70. The van der Waals surface area contributed by atoms with Crippen molar-refractivity contribution in [1.29, 1.82) is 0 Å². The van der Waals surface area contributed by atoms with Crippen molar-refractivity contribution in [2.24, 2.45) is 80.8 Å². The Morgan fingerprint density at radius 3 is 1.13 bits per heavy atom. The molecule has 6 N–H and O–H groups in total. The summed E-state index contributed by atoms with van der Waals surface area (Å²) in [5.74, 6) is 5.17. The molecule has 0 aromatic carbocycles. The molecular weight excluding hydrogens is 745 g/mol. The van der Waals surface area contributed by atoms with Crippen LogP contribution in [0.25, 0.3) is 0 Å². The maximum atomic E-state index is 11.6. The van der Waals surface area contributed by atoms with Crippen LogP contribution in [0.3, 0.4) is 0 Å². The van der Waals surface area contributed by atoms with Gasteiger partial charge in [-0.2, -0.15) is 0 Å². The van der Waals surface area contributed by atoms with E-state index in [0.29, 0.717) is 47.3 Å². The highest BCUT2D eigenvalue weighted by atomic mass is 16.3. The van der Waals surface area contributed by atoms with E-state index in [1.54, 1.807) is 0 Å². The van der Waals surface area contributed by atoms with Gasteiger partial charge >= 0.3 is 0 Å². The van der Waals surface area contributed by atoms with Crippen LogP contribution in [0.5, 0.6) is 0 Å². The van der Waals surface area contributed by atoms with E-state index in [9.17, 15) is 30.6 Å². The molecule has 0 heterocycles. The molecule has 6 heteroatoms. The van der Waals surface area contributed by atoms with Crippen molar-refractivity contribution >= 4 is 0 Å². The van der Waals surface area contributed by atoms with E-state index in [-0.39, 0.29) is 57.9 Å². The minimum absolute atomic E-state index is 0.184. The van der Waals surface area contributed by atoms with Crippen LogP contribution in [-0.4, -0.2) is 66.3 Å². The molecule has 0 aromatic rings. The van der Waals surface area contributed by atoms with Crippen LogP contribution in [0.1, 0.15) is 222 Å². The van der Waals surface area contributed by atoms with Crippen molar-refractivity contribution in [2.75, 3.05) is 0 Å². The van der Waals surface area contributed by atoms with E-state index in [4.69, 9.17) is 0 Å². The minimum Gasteiger partial charge on any atom is -0.393 e. The first-order chi connectivity index (χ1) is 28.3. The summed E-state index contributed by atoms with van der Waals surface area (Å²) in [6.07, 6.45) is 27.8. The molecule has 8 fully saturated rings. The lowest BCUT2D eigenvalue weighted by Gasteiger charge is -2.62. The summed E-state index contributed by atoms with van der Waals surface area (Å²) in [7, 11) is 0. The standard InChI is InChI=1S/2C27H48O3/c2*1-5-6-7-8-13-27(4,30)24-10-9-20-19-17-23(29)22-16-18(28)11-14-25(22,2)21(19)12-15-26(20,24)3/h2*18-24,28-30H,5-17H2,1-4H3/t18-,19?,20?,21?,22+,23-,24-,25+,26-,27-;18-,19?,20-,21-,22+,23-,24-,25+,26-,27-/m00/s1. The smallest absolute Gasteiger partial charge is 0.0653 e. The SMILES string of the molecule is CCCCCC[C@](C)(O)[C@H]1CCC2C3C[C@H](O)[C@H]4C[C@@H](O)CC[C@]4(C)C3CC[C@@]21C.CCCCCC[C@](C)(O)[C@H]1CC[C@H]2C3C[C@H](O)[C@H]4C[C@@H](O)CC[C@]4(C)[C@H]3CC[C@@]21C. The highest BCUT2D eigenvalue weighted by molar-refractivity contribution is 5.15. The Morgan fingerprint density at radius 1 is 0.417 bits per heavy atom. The van der Waals surface area contributed by atoms with Gasteiger partial charge < -0.3 is 30.6 Å². The monoisotopic (exact) mass is 841 g/mol. The van der Waals surface area contributed by atoms with Gasteiger partial charge in [0.1, 0.15) is 0 Å². The zero-order valence-electron chi connectivity index (χ0n) is 40.2. The molecule has 0 saturated heterocycles. The second kappa shape index (κ2) is 18.2. The largest absolute Gasteiger partial charge is 0.393 e. The fourth-order valence-electron chi connectivity index (χ4n) is 18.8. The van der Waals surface area contributed by atoms with Gasteiger partial charge in [-0.05, 0) is 210 Å². The number of aliphatic hydroxyl groups excluding tert-OH is 4. The molecule has 348 valence electrons. The van der Waals surface area contributed by atoms with Gasteiger partial charge in [0.25, 0.3) is 0 Å². The van der Waals surface area contributed by atoms with Crippen LogP contribution >= 0.6 is 0 Å². The average Bonchev–Trinajstić information content (AvgIpc) is 3.75. The molecule has 0 radical (unpaired) electrons. The van der Waals surface area contributed by atoms with Crippen molar-refractivity contribution in [2.45, 2.75) is 258 Å². The predicted molar refractivity (Wildman–Crippen MR) is 244 cm³/mol. The van der Waals surface area contributed by atoms with Gasteiger partial charge in [-0.3, -0.25) is 0 Å². The first-order valence-electron chi connectivity index (χ1n) is 26.4. The molecule has 6 nitrogen and oxygen atoms in total. The maximum absolute atomic E-state index is 11.6. The van der Waals surface area contributed by atoms with Gasteiger partial charge in [0.15, 0.2) is 0 Å². The van der Waals surface area contributed by atoms with Crippen molar-refractivity contribution < 1.29 is 30.6 Å². The Kier molecular flexibility index (Phi) is 14.5. The Bertz CT molecular complexity index is 1310. The van der Waals surface area contributed by atoms with Crippen LogP contribution < -0.4 is 0 Å². The Hall–Kier alpha value is -0.240. The third-order valence-corrected chi connectivity index (χ3v) is 21.9. The van der Waals surface area contributed by atoms with E-state index in [1.807, 2.05) is 0 Å². The molecule has 0 spiro atoms. The molecule has 8 aliphatic carbocycles. The summed E-state index contributed by atoms with van der Waals surface area (Å²) >= 11 is 0. The molecule has 4 unspecified atom stereocenters. The van der Waals surface area contributed by atoms with E-state index in [0.717, 1.165) is 89.9 Å². The summed E-state index contributed by atoms with van der Waals surface area (Å²) in [6.45, 7) is 18.6. The molecule has 0 aliphatic heterocycles. The molecule has 0 bridgehead atoms. The number of aliphatic hydroxyl groups is 6. The third kappa shape index (κ3) is 8.52. The van der Waals surface area contributed by atoms with E-state index < -0.39 is 11.2 Å². The summed E-state index contributed by atoms with van der Waals surface area (Å²) in [5, 5.41) is 66.0. The van der Waals surface area contributed by atoms with Gasteiger partial charge in [0, 0.05) is 0 Å². The highest BCUT2D eigenvalue weighted by Gasteiger charge is 2.65. The fraction of sp³-hybridized carbons (Fsp3) is 1.00. The number of rotatable bonds is 12. The second-order valence-corrected chi connectivity index (χ2v) is 25.1. The molecular formula is C54H96O6. The first kappa shape index (κ1) is 47.7. The fourth-order valence-corrected chi connectivity index (χ4v) is 18.8. The topological polar surface area (TPSA) is 121 Å². The van der Waals surface area contributed by atoms with Crippen molar-refractivity contribution in [3.63, 3.8) is 0 Å². The van der Waals surface area contributed by atoms with Gasteiger partial charge in [0.2, 0.25) is 0 Å². The predicted octanol–water partition coefficient (Wildman–Crippen LogP) is 11.4. The number of unbranched alkanes of at least 4 members (excludes halogenated alkanes) is 6. The molecule has 0 aromatic heterocycles. The summed E-state index contributed by atoms with van der Waals surface area (Å²) in [5.41, 5.74) is -0.316. The van der Waals surface area contributed by atoms with Crippen molar-refractivity contribution in [3.05, 3.63) is 0 Å². The van der Waals surface area contributed by atoms with Crippen LogP contribution in [0, 0.1) is 80.8 Å². The quantitative estimate of drug-likeness (QED) is 0.109. The minimum atomic E-state index is -0.557. The summed E-state index contributed by atoms with van der Waals surface area (Å²) in [4.78, 5) is 0. The van der Waals surface area contributed by atoms with Gasteiger partial charge in [-0.25, -0.2) is 0 Å². The summed E-state index contributed by atoms with van der Waals surface area (Å²) < 4.78 is 0. The Balaban J connectivity index is 0.000000181. The van der Waals surface area contributed by atoms with Crippen LogP contribution in [0.2, 0.25) is 0 Å². The zero-order valence-corrected chi connectivity index (χ0v) is 40.2. The number of hydrogen-bond acceptors (Lipinski definition) is 6. The van der Waals surface area contributed by atoms with E-state index in [1.165, 1.54) is 77.0 Å². The van der Waals surface area contributed by atoms with Crippen molar-refractivity contribution in [1.82, 2.24) is 0 Å². The van der Waals surface area contributed by atoms with Crippen molar-refractivity contribution in [3.8, 4) is 0 Å². The zero-order chi connectivity index (χ0) is 43.5. The molecule has 0 amide bonds. The number of hydrogen-bond donors (Lipinski definition) is 6. The van der Waals surface area contributed by atoms with E-state index >= 15 is 0 Å². The van der Waals surface area contributed by atoms with E-state index in [2.05, 4.69) is 55.4 Å². The Labute approximate surface area is 368 Å². The maximum Gasteiger partial charge on any atom is 0.0653 e. The molecule has 20 atom stereocenters. The molecule has 8 saturated carbocycles. The normalized spacial score (nSPS) is 50.3.